The number of thioether (sulfide) groups is 1. The molecule has 1 atom stereocenters. The van der Waals surface area contributed by atoms with Gasteiger partial charge < -0.3 is 5.32 Å². The van der Waals surface area contributed by atoms with Gasteiger partial charge in [-0.2, -0.15) is 0 Å². The molecule has 9 nitrogen and oxygen atoms in total. The van der Waals surface area contributed by atoms with Crippen LogP contribution in [0.4, 0.5) is 11.4 Å². The topological polar surface area (TPSA) is 115 Å². The number of fused-ring (bicyclic) bond motifs is 1. The van der Waals surface area contributed by atoms with Gasteiger partial charge in [-0.05, 0) is 31.5 Å². The molecular weight excluding hydrogens is 452 g/mol. The van der Waals surface area contributed by atoms with Gasteiger partial charge in [-0.1, -0.05) is 53.7 Å². The molecule has 1 unspecified atom stereocenters. The summed E-state index contributed by atoms with van der Waals surface area (Å²) in [5.74, 6) is 0.334. The number of nitro benzene ring substituents is 1. The normalized spacial score (nSPS) is 12.0. The van der Waals surface area contributed by atoms with Gasteiger partial charge in [0.15, 0.2) is 10.8 Å². The molecule has 0 fully saturated rings. The Morgan fingerprint density at radius 2 is 1.91 bits per heavy atom. The smallest absolute Gasteiger partial charge is 0.289 e. The standard InChI is InChI=1S/C21H17ClN6O3S/c1-12-10-18-25-26-21(27(18)13(2)23-12)32-19(14-6-4-3-5-7-14)20(29)24-15-8-9-16(22)17(11-15)28(30)31/h3-11,19H,1-2H3,(H,24,29). The van der Waals surface area contributed by atoms with Crippen LogP contribution in [0.25, 0.3) is 5.65 Å². The molecule has 32 heavy (non-hydrogen) atoms. The number of carbonyl (C=O) groups excluding carboxylic acids is 1. The number of amides is 1. The van der Waals surface area contributed by atoms with E-state index in [-0.39, 0.29) is 22.3 Å². The van der Waals surface area contributed by atoms with Gasteiger partial charge in [-0.15, -0.1) is 10.2 Å². The fourth-order valence-electron chi connectivity index (χ4n) is 3.22. The van der Waals surface area contributed by atoms with Crippen molar-refractivity contribution < 1.29 is 9.72 Å². The van der Waals surface area contributed by atoms with Gasteiger partial charge in [0, 0.05) is 23.5 Å². The average molecular weight is 469 g/mol. The molecule has 0 aliphatic heterocycles. The van der Waals surface area contributed by atoms with Crippen molar-refractivity contribution in [3.05, 3.63) is 86.8 Å². The van der Waals surface area contributed by atoms with E-state index in [0.717, 1.165) is 11.3 Å². The molecule has 0 saturated heterocycles. The first-order valence-corrected chi connectivity index (χ1v) is 10.7. The third-order valence-corrected chi connectivity index (χ3v) is 6.15. The van der Waals surface area contributed by atoms with E-state index in [0.29, 0.717) is 16.6 Å². The van der Waals surface area contributed by atoms with E-state index in [1.807, 2.05) is 50.2 Å². The van der Waals surface area contributed by atoms with Crippen LogP contribution >= 0.6 is 23.4 Å². The average Bonchev–Trinajstić information content (AvgIpc) is 3.16. The second kappa shape index (κ2) is 8.93. The third kappa shape index (κ3) is 4.41. The number of nitro groups is 1. The summed E-state index contributed by atoms with van der Waals surface area (Å²) in [6.07, 6.45) is 0. The molecule has 2 aromatic heterocycles. The summed E-state index contributed by atoms with van der Waals surface area (Å²) in [7, 11) is 0. The summed E-state index contributed by atoms with van der Waals surface area (Å²) in [6, 6.07) is 15.1. The number of aryl methyl sites for hydroxylation is 2. The van der Waals surface area contributed by atoms with Crippen molar-refractivity contribution in [1.82, 2.24) is 19.6 Å². The number of nitrogens with zero attached hydrogens (tertiary/aromatic N) is 5. The quantitative estimate of drug-likeness (QED) is 0.246. The summed E-state index contributed by atoms with van der Waals surface area (Å²) >= 11 is 7.10. The van der Waals surface area contributed by atoms with Gasteiger partial charge in [-0.25, -0.2) is 4.98 Å². The van der Waals surface area contributed by atoms with Gasteiger partial charge >= 0.3 is 0 Å². The number of nitrogens with one attached hydrogen (secondary N) is 1. The zero-order valence-electron chi connectivity index (χ0n) is 17.0. The van der Waals surface area contributed by atoms with Crippen LogP contribution in [0.3, 0.4) is 0 Å². The fourth-order valence-corrected chi connectivity index (χ4v) is 4.50. The predicted molar refractivity (Wildman–Crippen MR) is 122 cm³/mol. The lowest BCUT2D eigenvalue weighted by molar-refractivity contribution is -0.384. The van der Waals surface area contributed by atoms with Crippen molar-refractivity contribution in [2.75, 3.05) is 5.32 Å². The van der Waals surface area contributed by atoms with E-state index in [1.54, 1.807) is 4.40 Å². The second-order valence-electron chi connectivity index (χ2n) is 6.94. The van der Waals surface area contributed by atoms with Gasteiger partial charge in [0.2, 0.25) is 5.91 Å². The maximum atomic E-state index is 13.3. The van der Waals surface area contributed by atoms with Crippen LogP contribution in [-0.2, 0) is 4.79 Å². The fraction of sp³-hybridized carbons (Fsp3) is 0.143. The number of hydrogen-bond acceptors (Lipinski definition) is 7. The van der Waals surface area contributed by atoms with Crippen molar-refractivity contribution in [1.29, 1.82) is 0 Å². The first kappa shape index (κ1) is 21.7. The summed E-state index contributed by atoms with van der Waals surface area (Å²) in [5.41, 5.74) is 2.19. The minimum absolute atomic E-state index is 0.00446. The molecule has 2 aromatic carbocycles. The maximum Gasteiger partial charge on any atom is 0.289 e. The van der Waals surface area contributed by atoms with Crippen LogP contribution in [0.1, 0.15) is 22.3 Å². The second-order valence-corrected chi connectivity index (χ2v) is 8.42. The summed E-state index contributed by atoms with van der Waals surface area (Å²) in [6.45, 7) is 3.72. The first-order chi connectivity index (χ1) is 15.3. The molecule has 0 aliphatic carbocycles. The number of benzene rings is 2. The van der Waals surface area contributed by atoms with Crippen LogP contribution in [0.5, 0.6) is 0 Å². The number of halogens is 1. The maximum absolute atomic E-state index is 13.3. The van der Waals surface area contributed by atoms with E-state index in [1.165, 1.54) is 30.0 Å². The Hall–Kier alpha value is -3.50. The summed E-state index contributed by atoms with van der Waals surface area (Å²) < 4.78 is 1.79. The summed E-state index contributed by atoms with van der Waals surface area (Å²) in [5, 5.41) is 22.2. The molecule has 0 bridgehead atoms. The molecule has 11 heteroatoms. The largest absolute Gasteiger partial charge is 0.325 e. The molecule has 4 aromatic rings. The van der Waals surface area contributed by atoms with Crippen molar-refractivity contribution in [2.45, 2.75) is 24.3 Å². The Morgan fingerprint density at radius 3 is 2.62 bits per heavy atom. The molecule has 162 valence electrons. The Kier molecular flexibility index (Phi) is 6.06. The van der Waals surface area contributed by atoms with E-state index in [9.17, 15) is 14.9 Å². The van der Waals surface area contributed by atoms with E-state index >= 15 is 0 Å². The zero-order chi connectivity index (χ0) is 22.8. The Morgan fingerprint density at radius 1 is 1.16 bits per heavy atom. The van der Waals surface area contributed by atoms with Gasteiger partial charge in [0.1, 0.15) is 16.1 Å². The number of carbonyl (C=O) groups is 1. The highest BCUT2D eigenvalue weighted by molar-refractivity contribution is 8.00. The van der Waals surface area contributed by atoms with Crippen molar-refractivity contribution >= 4 is 46.3 Å². The van der Waals surface area contributed by atoms with Crippen LogP contribution in [-0.4, -0.2) is 30.4 Å². The van der Waals surface area contributed by atoms with Crippen LogP contribution in [0.2, 0.25) is 5.02 Å². The lowest BCUT2D eigenvalue weighted by Gasteiger charge is -2.16. The number of anilines is 1. The van der Waals surface area contributed by atoms with Gasteiger partial charge in [0.25, 0.3) is 5.69 Å². The van der Waals surface area contributed by atoms with Crippen molar-refractivity contribution in [3.8, 4) is 0 Å². The zero-order valence-corrected chi connectivity index (χ0v) is 18.6. The molecule has 0 spiro atoms. The minimum atomic E-state index is -0.695. The SMILES string of the molecule is Cc1cc2nnc(SC(C(=O)Nc3ccc(Cl)c([N+](=O)[O-])c3)c3ccccc3)n2c(C)n1. The highest BCUT2D eigenvalue weighted by Crippen LogP contribution is 2.36. The molecule has 1 N–H and O–H groups in total. The van der Waals surface area contributed by atoms with E-state index in [2.05, 4.69) is 20.5 Å². The Bertz CT molecular complexity index is 1330. The number of aromatic nitrogens is 4. The van der Waals surface area contributed by atoms with E-state index in [4.69, 9.17) is 11.6 Å². The lowest BCUT2D eigenvalue weighted by atomic mass is 10.1. The number of hydrogen-bond donors (Lipinski definition) is 1. The lowest BCUT2D eigenvalue weighted by Crippen LogP contribution is -2.19. The van der Waals surface area contributed by atoms with Crippen LogP contribution in [0.15, 0.2) is 59.8 Å². The molecule has 1 amide bonds. The molecule has 4 rings (SSSR count). The molecule has 0 radical (unpaired) electrons. The molecule has 0 saturated carbocycles. The number of rotatable bonds is 6. The highest BCUT2D eigenvalue weighted by atomic mass is 35.5. The third-order valence-electron chi connectivity index (χ3n) is 4.63. The minimum Gasteiger partial charge on any atom is -0.325 e. The van der Waals surface area contributed by atoms with Gasteiger partial charge in [0.05, 0.1) is 4.92 Å². The van der Waals surface area contributed by atoms with Crippen molar-refractivity contribution in [3.63, 3.8) is 0 Å². The summed E-state index contributed by atoms with van der Waals surface area (Å²) in [4.78, 5) is 28.3. The molecule has 2 heterocycles. The molecule has 0 aliphatic rings. The van der Waals surface area contributed by atoms with Crippen LogP contribution in [0, 0.1) is 24.0 Å². The predicted octanol–water partition coefficient (Wildman–Crippen LogP) is 4.77. The van der Waals surface area contributed by atoms with E-state index < -0.39 is 10.2 Å². The van der Waals surface area contributed by atoms with Gasteiger partial charge in [-0.3, -0.25) is 19.3 Å². The first-order valence-electron chi connectivity index (χ1n) is 9.49. The van der Waals surface area contributed by atoms with Crippen molar-refractivity contribution in [2.24, 2.45) is 0 Å². The highest BCUT2D eigenvalue weighted by Gasteiger charge is 2.26. The Labute approximate surface area is 192 Å². The van der Waals surface area contributed by atoms with Crippen LogP contribution < -0.4 is 5.32 Å². The monoisotopic (exact) mass is 468 g/mol. The molecular formula is C21H17ClN6O3S. The Balaban J connectivity index is 1.69.